The molecule has 0 bridgehead atoms. The minimum absolute atomic E-state index is 0.0831. The standard InChI is InChI=1S/C23H29FO4S/c1-5-29-20-18(27)11-17-16-7-6-14-10-15(26)8-9-22(14,4)23(16,24)19(28-13(2)25)12-21(17,20)3/h8-10,16-17,19-20H,5-7,11-12H2,1-4H3/t16-,17-,19-,20-,21-,22-,23-/m0/s1. The molecule has 4 aliphatic rings. The molecule has 6 heteroatoms. The predicted octanol–water partition coefficient (Wildman–Crippen LogP) is 4.23. The first-order valence-electron chi connectivity index (χ1n) is 10.5. The molecule has 7 atom stereocenters. The maximum Gasteiger partial charge on any atom is 0.303 e. The van der Waals surface area contributed by atoms with Crippen LogP contribution in [0.15, 0.2) is 23.8 Å². The van der Waals surface area contributed by atoms with Crippen LogP contribution in [-0.2, 0) is 19.1 Å². The van der Waals surface area contributed by atoms with E-state index in [0.717, 1.165) is 11.3 Å². The van der Waals surface area contributed by atoms with Gasteiger partial charge in [-0.3, -0.25) is 14.4 Å². The van der Waals surface area contributed by atoms with Gasteiger partial charge in [-0.05, 0) is 55.4 Å². The van der Waals surface area contributed by atoms with Crippen molar-refractivity contribution in [2.75, 3.05) is 5.75 Å². The van der Waals surface area contributed by atoms with Crippen LogP contribution >= 0.6 is 11.8 Å². The summed E-state index contributed by atoms with van der Waals surface area (Å²) < 4.78 is 23.0. The van der Waals surface area contributed by atoms with Crippen molar-refractivity contribution in [1.82, 2.24) is 0 Å². The molecule has 29 heavy (non-hydrogen) atoms. The molecule has 4 aliphatic carbocycles. The molecule has 0 aromatic rings. The summed E-state index contributed by atoms with van der Waals surface area (Å²) in [7, 11) is 0. The van der Waals surface area contributed by atoms with Crippen LogP contribution in [0.4, 0.5) is 4.39 Å². The molecule has 3 saturated carbocycles. The highest BCUT2D eigenvalue weighted by Crippen LogP contribution is 2.68. The molecule has 0 saturated heterocycles. The van der Waals surface area contributed by atoms with E-state index in [4.69, 9.17) is 4.74 Å². The third-order valence-corrected chi connectivity index (χ3v) is 9.47. The SMILES string of the molecule is CCS[C@H]1C(=O)C[C@H]2[C@@H]3CCC4=CC(=O)C=C[C@]4(C)[C@@]3(F)[C@@H](OC(C)=O)C[C@]12C. The average Bonchev–Trinajstić information content (AvgIpc) is 2.88. The second kappa shape index (κ2) is 6.79. The number of carbonyl (C=O) groups excluding carboxylic acids is 3. The Morgan fingerprint density at radius 3 is 2.69 bits per heavy atom. The van der Waals surface area contributed by atoms with Crippen molar-refractivity contribution in [3.63, 3.8) is 0 Å². The Balaban J connectivity index is 1.85. The van der Waals surface area contributed by atoms with Gasteiger partial charge in [0.15, 0.2) is 11.5 Å². The van der Waals surface area contributed by atoms with Crippen LogP contribution in [0.5, 0.6) is 0 Å². The van der Waals surface area contributed by atoms with E-state index in [1.54, 1.807) is 23.9 Å². The van der Waals surface area contributed by atoms with Crippen molar-refractivity contribution in [3.8, 4) is 0 Å². The van der Waals surface area contributed by atoms with Crippen LogP contribution < -0.4 is 0 Å². The van der Waals surface area contributed by atoms with E-state index in [-0.39, 0.29) is 22.7 Å². The molecule has 0 N–H and O–H groups in total. The first-order chi connectivity index (χ1) is 13.6. The van der Waals surface area contributed by atoms with Crippen molar-refractivity contribution in [1.29, 1.82) is 0 Å². The van der Waals surface area contributed by atoms with Crippen LogP contribution in [0.2, 0.25) is 0 Å². The fourth-order valence-electron chi connectivity index (χ4n) is 6.71. The zero-order valence-corrected chi connectivity index (χ0v) is 18.3. The highest BCUT2D eigenvalue weighted by Gasteiger charge is 2.72. The lowest BCUT2D eigenvalue weighted by atomic mass is 9.46. The molecule has 0 aliphatic heterocycles. The van der Waals surface area contributed by atoms with E-state index < -0.39 is 34.5 Å². The Kier molecular flexibility index (Phi) is 4.88. The van der Waals surface area contributed by atoms with Crippen molar-refractivity contribution in [3.05, 3.63) is 23.8 Å². The quantitative estimate of drug-likeness (QED) is 0.640. The Morgan fingerprint density at radius 1 is 1.31 bits per heavy atom. The lowest BCUT2D eigenvalue weighted by Gasteiger charge is -2.62. The number of halogens is 1. The smallest absolute Gasteiger partial charge is 0.303 e. The van der Waals surface area contributed by atoms with Gasteiger partial charge in [0.2, 0.25) is 0 Å². The van der Waals surface area contributed by atoms with Gasteiger partial charge in [0.05, 0.1) is 5.25 Å². The second-order valence-corrected chi connectivity index (χ2v) is 10.8. The van der Waals surface area contributed by atoms with E-state index in [9.17, 15) is 14.4 Å². The third-order valence-electron chi connectivity index (χ3n) is 8.01. The van der Waals surface area contributed by atoms with E-state index in [0.29, 0.717) is 25.7 Å². The van der Waals surface area contributed by atoms with Crippen LogP contribution in [-0.4, -0.2) is 40.3 Å². The minimum Gasteiger partial charge on any atom is -0.459 e. The summed E-state index contributed by atoms with van der Waals surface area (Å²) in [4.78, 5) is 36.9. The predicted molar refractivity (Wildman–Crippen MR) is 110 cm³/mol. The number of carbonyl (C=O) groups is 3. The van der Waals surface area contributed by atoms with Gasteiger partial charge in [-0.1, -0.05) is 25.5 Å². The van der Waals surface area contributed by atoms with Gasteiger partial charge >= 0.3 is 5.97 Å². The molecule has 0 radical (unpaired) electrons. The number of hydrogen-bond donors (Lipinski definition) is 0. The molecular formula is C23H29FO4S. The Hall–Kier alpha value is -1.43. The number of thioether (sulfide) groups is 1. The normalized spacial score (nSPS) is 45.9. The number of fused-ring (bicyclic) bond motifs is 5. The number of ketones is 2. The second-order valence-electron chi connectivity index (χ2n) is 9.44. The number of allylic oxidation sites excluding steroid dienone is 4. The molecule has 4 rings (SSSR count). The minimum atomic E-state index is -1.84. The molecule has 3 fully saturated rings. The number of ether oxygens (including phenoxy) is 1. The zero-order chi connectivity index (χ0) is 21.2. The summed E-state index contributed by atoms with van der Waals surface area (Å²) in [6.07, 6.45) is 5.62. The van der Waals surface area contributed by atoms with Crippen LogP contribution in [0.1, 0.15) is 53.4 Å². The van der Waals surface area contributed by atoms with Crippen molar-refractivity contribution >= 4 is 29.3 Å². The maximum atomic E-state index is 17.3. The Morgan fingerprint density at radius 2 is 2.03 bits per heavy atom. The van der Waals surface area contributed by atoms with Crippen molar-refractivity contribution < 1.29 is 23.5 Å². The Bertz CT molecular complexity index is 835. The summed E-state index contributed by atoms with van der Waals surface area (Å²) in [5.74, 6) is -0.0990. The number of Topliss-reactive ketones (excluding diaryl/α,β-unsaturated/α-hetero) is 1. The van der Waals surface area contributed by atoms with Gasteiger partial charge in [-0.25, -0.2) is 4.39 Å². The monoisotopic (exact) mass is 420 g/mol. The van der Waals surface area contributed by atoms with E-state index in [1.807, 2.05) is 13.8 Å². The summed E-state index contributed by atoms with van der Waals surface area (Å²) in [5.41, 5.74) is -2.47. The van der Waals surface area contributed by atoms with Gasteiger partial charge < -0.3 is 4.74 Å². The lowest BCUT2D eigenvalue weighted by Crippen LogP contribution is -2.67. The van der Waals surface area contributed by atoms with Gasteiger partial charge in [-0.2, -0.15) is 11.8 Å². The lowest BCUT2D eigenvalue weighted by molar-refractivity contribution is -0.208. The highest BCUT2D eigenvalue weighted by atomic mass is 32.2. The number of alkyl halides is 1. The molecule has 0 aromatic heterocycles. The van der Waals surface area contributed by atoms with E-state index in [2.05, 4.69) is 6.92 Å². The largest absolute Gasteiger partial charge is 0.459 e. The summed E-state index contributed by atoms with van der Waals surface area (Å²) in [6, 6.07) is 0. The van der Waals surface area contributed by atoms with Crippen molar-refractivity contribution in [2.45, 2.75) is 70.4 Å². The molecule has 0 spiro atoms. The summed E-state index contributed by atoms with van der Waals surface area (Å²) in [6.45, 7) is 7.25. The topological polar surface area (TPSA) is 60.4 Å². The molecule has 0 amide bonds. The van der Waals surface area contributed by atoms with E-state index in [1.165, 1.54) is 13.0 Å². The molecule has 158 valence electrons. The molecule has 0 heterocycles. The van der Waals surface area contributed by atoms with Crippen LogP contribution in [0.3, 0.4) is 0 Å². The average molecular weight is 421 g/mol. The van der Waals surface area contributed by atoms with Gasteiger partial charge in [0, 0.05) is 24.7 Å². The summed E-state index contributed by atoms with van der Waals surface area (Å²) >= 11 is 1.63. The van der Waals surface area contributed by atoms with E-state index >= 15 is 4.39 Å². The zero-order valence-electron chi connectivity index (χ0n) is 17.5. The molecule has 0 aromatic carbocycles. The first kappa shape index (κ1) is 20.8. The Labute approximate surface area is 175 Å². The molecular weight excluding hydrogens is 391 g/mol. The van der Waals surface area contributed by atoms with Crippen molar-refractivity contribution in [2.24, 2.45) is 22.7 Å². The molecule has 0 unspecified atom stereocenters. The van der Waals surface area contributed by atoms with Crippen LogP contribution in [0, 0.1) is 22.7 Å². The van der Waals surface area contributed by atoms with Gasteiger partial charge in [0.25, 0.3) is 0 Å². The number of esters is 1. The summed E-state index contributed by atoms with van der Waals surface area (Å²) in [5, 5.41) is -0.187. The third kappa shape index (κ3) is 2.74. The van der Waals surface area contributed by atoms with Gasteiger partial charge in [-0.15, -0.1) is 0 Å². The maximum absolute atomic E-state index is 17.3. The fraction of sp³-hybridized carbons (Fsp3) is 0.696. The fourth-order valence-corrected chi connectivity index (χ4v) is 7.98. The number of hydrogen-bond acceptors (Lipinski definition) is 5. The molecule has 4 nitrogen and oxygen atoms in total. The van der Waals surface area contributed by atoms with Crippen LogP contribution in [0.25, 0.3) is 0 Å². The number of rotatable bonds is 3. The highest BCUT2D eigenvalue weighted by molar-refractivity contribution is 8.00. The van der Waals surface area contributed by atoms with Gasteiger partial charge in [0.1, 0.15) is 11.9 Å². The first-order valence-corrected chi connectivity index (χ1v) is 11.6.